The topological polar surface area (TPSA) is 55.1 Å². The number of hydrogen-bond acceptors (Lipinski definition) is 2. The number of alkyl halides is 3. The van der Waals surface area contributed by atoms with Crippen LogP contribution in [0.25, 0.3) is 28.1 Å². The van der Waals surface area contributed by atoms with Crippen molar-refractivity contribution >= 4 is 5.97 Å². The van der Waals surface area contributed by atoms with Crippen molar-refractivity contribution < 1.29 is 23.1 Å². The minimum Gasteiger partial charge on any atom is -0.481 e. The Hall–Kier alpha value is -3.87. The molecule has 4 aromatic rings. The van der Waals surface area contributed by atoms with E-state index in [2.05, 4.69) is 5.10 Å². The summed E-state index contributed by atoms with van der Waals surface area (Å²) in [5.41, 5.74) is 2.94. The molecule has 1 N–H and O–H groups in total. The van der Waals surface area contributed by atoms with Gasteiger partial charge in [0.2, 0.25) is 0 Å². The number of nitrogens with zero attached hydrogens (tertiary/aromatic N) is 2. The largest absolute Gasteiger partial charge is 0.481 e. The number of carbonyl (C=O) groups is 1. The fraction of sp³-hybridized carbons (Fsp3) is 0.0833. The van der Waals surface area contributed by atoms with E-state index in [0.717, 1.165) is 23.3 Å². The van der Waals surface area contributed by atoms with Crippen molar-refractivity contribution in [1.82, 2.24) is 9.78 Å². The number of carboxylic acids is 1. The average molecular weight is 422 g/mol. The summed E-state index contributed by atoms with van der Waals surface area (Å²) < 4.78 is 40.5. The van der Waals surface area contributed by atoms with Gasteiger partial charge in [0.25, 0.3) is 0 Å². The molecule has 156 valence electrons. The van der Waals surface area contributed by atoms with Gasteiger partial charge < -0.3 is 5.11 Å². The maximum atomic E-state index is 13.1. The van der Waals surface area contributed by atoms with Gasteiger partial charge in [-0.25, -0.2) is 4.68 Å². The van der Waals surface area contributed by atoms with E-state index in [1.165, 1.54) is 23.0 Å². The zero-order chi connectivity index (χ0) is 22.0. The van der Waals surface area contributed by atoms with Crippen molar-refractivity contribution in [1.29, 1.82) is 0 Å². The van der Waals surface area contributed by atoms with Crippen LogP contribution < -0.4 is 0 Å². The van der Waals surface area contributed by atoms with Crippen molar-refractivity contribution in [2.24, 2.45) is 0 Å². The molecule has 0 aliphatic rings. The Morgan fingerprint density at radius 1 is 0.871 bits per heavy atom. The second kappa shape index (κ2) is 8.10. The highest BCUT2D eigenvalue weighted by atomic mass is 19.4. The number of rotatable bonds is 5. The molecule has 0 saturated heterocycles. The van der Waals surface area contributed by atoms with Crippen LogP contribution in [0.4, 0.5) is 13.2 Å². The first-order valence-corrected chi connectivity index (χ1v) is 9.45. The molecule has 7 heteroatoms. The summed E-state index contributed by atoms with van der Waals surface area (Å²) in [5.74, 6) is -1.05. The van der Waals surface area contributed by atoms with Gasteiger partial charge >= 0.3 is 12.1 Å². The van der Waals surface area contributed by atoms with Crippen molar-refractivity contribution in [2.75, 3.05) is 0 Å². The lowest BCUT2D eigenvalue weighted by molar-refractivity contribution is -0.138. The molecule has 4 nitrogen and oxygen atoms in total. The van der Waals surface area contributed by atoms with Crippen LogP contribution in [0.3, 0.4) is 0 Å². The van der Waals surface area contributed by atoms with Crippen LogP contribution in [-0.4, -0.2) is 20.9 Å². The van der Waals surface area contributed by atoms with Gasteiger partial charge in [-0.3, -0.25) is 4.79 Å². The van der Waals surface area contributed by atoms with E-state index in [-0.39, 0.29) is 12.1 Å². The Morgan fingerprint density at radius 3 is 2.16 bits per heavy atom. The van der Waals surface area contributed by atoms with Gasteiger partial charge in [0.15, 0.2) is 0 Å². The van der Waals surface area contributed by atoms with Gasteiger partial charge in [-0.2, -0.15) is 18.3 Å². The summed E-state index contributed by atoms with van der Waals surface area (Å²) in [6, 6.07) is 22.0. The molecule has 0 aliphatic carbocycles. The van der Waals surface area contributed by atoms with Gasteiger partial charge in [-0.05, 0) is 29.3 Å². The smallest absolute Gasteiger partial charge is 0.416 e. The standard InChI is InChI=1S/C24H17F3N2O2/c25-24(26,27)20-7-4-8-21(14-20)29-15-19(13-22(30)31)23(28-29)18-11-9-17(10-12-18)16-5-2-1-3-6-16/h1-12,14-15H,13H2,(H,30,31). The van der Waals surface area contributed by atoms with E-state index in [1.54, 1.807) is 0 Å². The third-order valence-electron chi connectivity index (χ3n) is 4.84. The van der Waals surface area contributed by atoms with Gasteiger partial charge in [0, 0.05) is 17.3 Å². The van der Waals surface area contributed by atoms with Crippen molar-refractivity contribution in [3.63, 3.8) is 0 Å². The predicted molar refractivity (Wildman–Crippen MR) is 111 cm³/mol. The lowest BCUT2D eigenvalue weighted by Gasteiger charge is -2.08. The Bertz CT molecular complexity index is 1210. The molecule has 0 saturated carbocycles. The molecule has 1 aromatic heterocycles. The second-order valence-corrected chi connectivity index (χ2v) is 7.01. The highest BCUT2D eigenvalue weighted by Gasteiger charge is 2.30. The monoisotopic (exact) mass is 422 g/mol. The highest BCUT2D eigenvalue weighted by Crippen LogP contribution is 2.31. The SMILES string of the molecule is O=C(O)Cc1cn(-c2cccc(C(F)(F)F)c2)nc1-c1ccc(-c2ccccc2)cc1. The second-order valence-electron chi connectivity index (χ2n) is 7.01. The fourth-order valence-electron chi connectivity index (χ4n) is 3.35. The minimum absolute atomic E-state index is 0.202. The molecule has 1 heterocycles. The Labute approximate surface area is 176 Å². The van der Waals surface area contributed by atoms with E-state index >= 15 is 0 Å². The molecule has 0 atom stereocenters. The molecule has 31 heavy (non-hydrogen) atoms. The van der Waals surface area contributed by atoms with E-state index in [9.17, 15) is 23.1 Å². The van der Waals surface area contributed by atoms with Gasteiger partial charge in [0.1, 0.15) is 0 Å². The summed E-state index contributed by atoms with van der Waals surface area (Å²) in [7, 11) is 0. The quantitative estimate of drug-likeness (QED) is 0.439. The van der Waals surface area contributed by atoms with E-state index < -0.39 is 17.7 Å². The van der Waals surface area contributed by atoms with Crippen LogP contribution in [0, 0.1) is 0 Å². The first-order valence-electron chi connectivity index (χ1n) is 9.45. The molecule has 0 radical (unpaired) electrons. The fourth-order valence-corrected chi connectivity index (χ4v) is 3.35. The Morgan fingerprint density at radius 2 is 1.52 bits per heavy atom. The molecular formula is C24H17F3N2O2. The zero-order valence-corrected chi connectivity index (χ0v) is 16.2. The van der Waals surface area contributed by atoms with E-state index in [1.807, 2.05) is 54.6 Å². The van der Waals surface area contributed by atoms with Crippen molar-refractivity contribution in [3.8, 4) is 28.1 Å². The van der Waals surface area contributed by atoms with Gasteiger partial charge in [-0.15, -0.1) is 0 Å². The maximum absolute atomic E-state index is 13.1. The minimum atomic E-state index is -4.48. The molecule has 0 aliphatic heterocycles. The summed E-state index contributed by atoms with van der Waals surface area (Å²) >= 11 is 0. The zero-order valence-electron chi connectivity index (χ0n) is 16.2. The first-order chi connectivity index (χ1) is 14.8. The van der Waals surface area contributed by atoms with Crippen LogP contribution in [0.15, 0.2) is 85.1 Å². The number of benzene rings is 3. The highest BCUT2D eigenvalue weighted by molar-refractivity contribution is 5.76. The molecule has 0 bridgehead atoms. The maximum Gasteiger partial charge on any atom is 0.416 e. The van der Waals surface area contributed by atoms with Crippen LogP contribution in [0.5, 0.6) is 0 Å². The number of aromatic nitrogens is 2. The number of carboxylic acid groups (broad SMARTS) is 1. The normalized spacial score (nSPS) is 11.5. The van der Waals surface area contributed by atoms with Crippen LogP contribution in [0.1, 0.15) is 11.1 Å². The third-order valence-corrected chi connectivity index (χ3v) is 4.84. The number of aliphatic carboxylic acids is 1. The molecule has 0 amide bonds. The van der Waals surface area contributed by atoms with Crippen LogP contribution >= 0.6 is 0 Å². The lowest BCUT2D eigenvalue weighted by Crippen LogP contribution is -2.06. The number of hydrogen-bond donors (Lipinski definition) is 1. The van der Waals surface area contributed by atoms with E-state index in [4.69, 9.17) is 0 Å². The molecule has 3 aromatic carbocycles. The lowest BCUT2D eigenvalue weighted by atomic mass is 10.0. The van der Waals surface area contributed by atoms with Crippen LogP contribution in [-0.2, 0) is 17.4 Å². The molecule has 0 spiro atoms. The van der Waals surface area contributed by atoms with Crippen molar-refractivity contribution in [3.05, 3.63) is 96.2 Å². The summed E-state index contributed by atoms with van der Waals surface area (Å²) in [4.78, 5) is 11.3. The molecule has 4 rings (SSSR count). The van der Waals surface area contributed by atoms with Crippen molar-refractivity contribution in [2.45, 2.75) is 12.6 Å². The summed E-state index contributed by atoms with van der Waals surface area (Å²) in [6.45, 7) is 0. The summed E-state index contributed by atoms with van der Waals surface area (Å²) in [5, 5.41) is 13.7. The average Bonchev–Trinajstić information content (AvgIpc) is 3.17. The van der Waals surface area contributed by atoms with Crippen LogP contribution in [0.2, 0.25) is 0 Å². The third kappa shape index (κ3) is 4.50. The Balaban J connectivity index is 1.74. The predicted octanol–water partition coefficient (Wildman–Crippen LogP) is 5.85. The van der Waals surface area contributed by atoms with E-state index in [0.29, 0.717) is 16.8 Å². The van der Waals surface area contributed by atoms with Gasteiger partial charge in [-0.1, -0.05) is 60.7 Å². The first kappa shape index (κ1) is 20.4. The molecule has 0 unspecified atom stereocenters. The Kier molecular flexibility index (Phi) is 5.33. The molecule has 0 fully saturated rings. The number of halogens is 3. The van der Waals surface area contributed by atoms with Gasteiger partial charge in [0.05, 0.1) is 23.4 Å². The molecular weight excluding hydrogens is 405 g/mol. The summed E-state index contributed by atoms with van der Waals surface area (Å²) in [6.07, 6.45) is -3.32.